The highest BCUT2D eigenvalue weighted by Crippen LogP contribution is 2.21. The zero-order valence-electron chi connectivity index (χ0n) is 13.7. The number of aromatic nitrogens is 1. The summed E-state index contributed by atoms with van der Waals surface area (Å²) in [5.74, 6) is -0.128. The summed E-state index contributed by atoms with van der Waals surface area (Å²) >= 11 is 1.49. The van der Waals surface area contributed by atoms with E-state index < -0.39 is 0 Å². The van der Waals surface area contributed by atoms with Crippen LogP contribution in [0.5, 0.6) is 0 Å². The number of carbonyl (C=O) groups excluding carboxylic acids is 1. The minimum Gasteiger partial charge on any atom is -0.451 e. The van der Waals surface area contributed by atoms with Gasteiger partial charge in [0.05, 0.1) is 10.2 Å². The first-order valence-electron chi connectivity index (χ1n) is 7.94. The van der Waals surface area contributed by atoms with Gasteiger partial charge in [-0.3, -0.25) is 4.79 Å². The van der Waals surface area contributed by atoms with E-state index in [0.29, 0.717) is 16.9 Å². The number of nitrogens with zero attached hydrogens (tertiary/aromatic N) is 2. The van der Waals surface area contributed by atoms with Crippen molar-refractivity contribution in [1.82, 2.24) is 4.57 Å². The maximum atomic E-state index is 12.6. The molecule has 1 amide bonds. The molecular formula is C20H16N2O2S. The summed E-state index contributed by atoms with van der Waals surface area (Å²) in [6, 6.07) is 15.5. The highest BCUT2D eigenvalue weighted by molar-refractivity contribution is 7.16. The zero-order chi connectivity index (χ0) is 17.4. The molecule has 0 aliphatic carbocycles. The Hall–Kier alpha value is -2.92. The van der Waals surface area contributed by atoms with Crippen LogP contribution in [0.2, 0.25) is 0 Å². The quantitative estimate of drug-likeness (QED) is 0.505. The van der Waals surface area contributed by atoms with Gasteiger partial charge in [0.2, 0.25) is 0 Å². The van der Waals surface area contributed by atoms with Crippen LogP contribution in [-0.2, 0) is 6.54 Å². The fourth-order valence-corrected chi connectivity index (χ4v) is 3.94. The van der Waals surface area contributed by atoms with Gasteiger partial charge in [-0.15, -0.1) is 6.58 Å². The number of aryl methyl sites for hydroxylation is 1. The molecular weight excluding hydrogens is 332 g/mol. The van der Waals surface area contributed by atoms with E-state index in [0.717, 1.165) is 15.6 Å². The number of hydrogen-bond acceptors (Lipinski definition) is 3. The molecule has 5 heteroatoms. The maximum Gasteiger partial charge on any atom is 0.315 e. The summed E-state index contributed by atoms with van der Waals surface area (Å²) in [4.78, 5) is 17.5. The van der Waals surface area contributed by atoms with Gasteiger partial charge in [0.15, 0.2) is 10.6 Å². The number of para-hydroxylation sites is 1. The van der Waals surface area contributed by atoms with Gasteiger partial charge < -0.3 is 8.98 Å². The van der Waals surface area contributed by atoms with Crippen LogP contribution < -0.4 is 4.80 Å². The summed E-state index contributed by atoms with van der Waals surface area (Å²) in [7, 11) is 0. The molecule has 2 aromatic heterocycles. The number of fused-ring (bicyclic) bond motifs is 2. The van der Waals surface area contributed by atoms with Crippen LogP contribution in [0.4, 0.5) is 0 Å². The van der Waals surface area contributed by atoms with Gasteiger partial charge in [-0.05, 0) is 36.8 Å². The van der Waals surface area contributed by atoms with Gasteiger partial charge in [0.25, 0.3) is 0 Å². The first kappa shape index (κ1) is 15.6. The molecule has 0 saturated carbocycles. The molecule has 4 aromatic rings. The highest BCUT2D eigenvalue weighted by Gasteiger charge is 2.13. The van der Waals surface area contributed by atoms with Crippen molar-refractivity contribution < 1.29 is 9.21 Å². The normalized spacial score (nSPS) is 12.1. The van der Waals surface area contributed by atoms with Crippen LogP contribution in [0.1, 0.15) is 16.1 Å². The summed E-state index contributed by atoms with van der Waals surface area (Å²) < 4.78 is 8.72. The monoisotopic (exact) mass is 348 g/mol. The third-order valence-electron chi connectivity index (χ3n) is 3.98. The van der Waals surface area contributed by atoms with Crippen LogP contribution in [0, 0.1) is 6.92 Å². The largest absolute Gasteiger partial charge is 0.451 e. The molecule has 2 heterocycles. The minimum atomic E-state index is -0.378. The van der Waals surface area contributed by atoms with Crippen molar-refractivity contribution in [2.24, 2.45) is 4.99 Å². The second-order valence-corrected chi connectivity index (χ2v) is 6.83. The van der Waals surface area contributed by atoms with Crippen molar-refractivity contribution in [2.75, 3.05) is 0 Å². The van der Waals surface area contributed by atoms with E-state index in [1.807, 2.05) is 35.8 Å². The van der Waals surface area contributed by atoms with Crippen LogP contribution in [0.3, 0.4) is 0 Å². The third kappa shape index (κ3) is 2.83. The average Bonchev–Trinajstić information content (AvgIpc) is 3.17. The maximum absolute atomic E-state index is 12.6. The van der Waals surface area contributed by atoms with Crippen LogP contribution in [-0.4, -0.2) is 10.5 Å². The van der Waals surface area contributed by atoms with E-state index in [2.05, 4.69) is 29.8 Å². The lowest BCUT2D eigenvalue weighted by Crippen LogP contribution is -2.16. The molecule has 0 spiro atoms. The molecule has 0 radical (unpaired) electrons. The Morgan fingerprint density at radius 2 is 2.12 bits per heavy atom. The Labute approximate surface area is 148 Å². The van der Waals surface area contributed by atoms with E-state index >= 15 is 0 Å². The molecule has 0 fully saturated rings. The molecule has 0 atom stereocenters. The van der Waals surface area contributed by atoms with E-state index in [1.165, 1.54) is 16.9 Å². The summed E-state index contributed by atoms with van der Waals surface area (Å²) in [6.07, 6.45) is 1.80. The number of furan rings is 1. The fraction of sp³-hybridized carbons (Fsp3) is 0.100. The Morgan fingerprint density at radius 1 is 1.28 bits per heavy atom. The van der Waals surface area contributed by atoms with Crippen LogP contribution in [0.15, 0.2) is 70.6 Å². The van der Waals surface area contributed by atoms with Crippen molar-refractivity contribution in [3.05, 3.63) is 77.3 Å². The smallest absolute Gasteiger partial charge is 0.315 e. The molecule has 25 heavy (non-hydrogen) atoms. The van der Waals surface area contributed by atoms with Gasteiger partial charge in [-0.1, -0.05) is 41.7 Å². The molecule has 124 valence electrons. The number of thiazole rings is 1. The fourth-order valence-electron chi connectivity index (χ4n) is 2.80. The highest BCUT2D eigenvalue weighted by atomic mass is 32.1. The lowest BCUT2D eigenvalue weighted by Gasteiger charge is -2.00. The Morgan fingerprint density at radius 3 is 2.92 bits per heavy atom. The number of carbonyl (C=O) groups is 1. The topological polar surface area (TPSA) is 47.5 Å². The molecule has 0 unspecified atom stereocenters. The molecule has 4 rings (SSSR count). The van der Waals surface area contributed by atoms with E-state index in [-0.39, 0.29) is 11.7 Å². The van der Waals surface area contributed by atoms with Crippen LogP contribution in [0.25, 0.3) is 21.2 Å². The molecule has 0 N–H and O–H groups in total. The Balaban J connectivity index is 1.85. The Bertz CT molecular complexity index is 1140. The van der Waals surface area contributed by atoms with Crippen LogP contribution >= 0.6 is 11.3 Å². The molecule has 2 aromatic carbocycles. The standard InChI is InChI=1S/C20H16N2O2S/c1-3-10-22-15-9-8-13(2)11-18(15)25-20(22)21-19(23)17-12-14-6-4-5-7-16(14)24-17/h3-9,11-12H,1,10H2,2H3. The first-order valence-corrected chi connectivity index (χ1v) is 8.76. The molecule has 0 aliphatic rings. The molecule has 4 nitrogen and oxygen atoms in total. The molecule has 0 saturated heterocycles. The lowest BCUT2D eigenvalue weighted by atomic mass is 10.2. The average molecular weight is 348 g/mol. The minimum absolute atomic E-state index is 0.250. The first-order chi connectivity index (χ1) is 12.2. The van der Waals surface area contributed by atoms with Crippen molar-refractivity contribution in [1.29, 1.82) is 0 Å². The van der Waals surface area contributed by atoms with Crippen molar-refractivity contribution in [2.45, 2.75) is 13.5 Å². The zero-order valence-corrected chi connectivity index (χ0v) is 14.5. The van der Waals surface area contributed by atoms with Crippen molar-refractivity contribution in [3.63, 3.8) is 0 Å². The number of amides is 1. The van der Waals surface area contributed by atoms with E-state index in [4.69, 9.17) is 4.42 Å². The van der Waals surface area contributed by atoms with Gasteiger partial charge in [-0.2, -0.15) is 4.99 Å². The van der Waals surface area contributed by atoms with Gasteiger partial charge in [-0.25, -0.2) is 0 Å². The van der Waals surface area contributed by atoms with Gasteiger partial charge in [0, 0.05) is 11.9 Å². The molecule has 0 bridgehead atoms. The molecule has 0 aliphatic heterocycles. The summed E-state index contributed by atoms with van der Waals surface area (Å²) in [5, 5.41) is 0.895. The Kier molecular flexibility index (Phi) is 3.86. The van der Waals surface area contributed by atoms with Crippen molar-refractivity contribution >= 4 is 38.4 Å². The second-order valence-electron chi connectivity index (χ2n) is 5.82. The number of benzene rings is 2. The summed E-state index contributed by atoms with van der Waals surface area (Å²) in [6.45, 7) is 6.45. The predicted octanol–water partition coefficient (Wildman–Crippen LogP) is 4.68. The third-order valence-corrected chi connectivity index (χ3v) is 5.02. The number of rotatable bonds is 3. The number of hydrogen-bond donors (Lipinski definition) is 0. The predicted molar refractivity (Wildman–Crippen MR) is 101 cm³/mol. The van der Waals surface area contributed by atoms with Gasteiger partial charge in [0.1, 0.15) is 5.58 Å². The van der Waals surface area contributed by atoms with Gasteiger partial charge >= 0.3 is 5.91 Å². The van der Waals surface area contributed by atoms with E-state index in [1.54, 1.807) is 12.1 Å². The number of allylic oxidation sites excluding steroid dienone is 1. The van der Waals surface area contributed by atoms with Crippen molar-refractivity contribution in [3.8, 4) is 0 Å². The lowest BCUT2D eigenvalue weighted by molar-refractivity contribution is 0.0973. The second kappa shape index (κ2) is 6.18. The summed E-state index contributed by atoms with van der Waals surface area (Å²) in [5.41, 5.74) is 2.91. The SMILES string of the molecule is C=CCn1c(=NC(=O)c2cc3ccccc3o2)sc2cc(C)ccc21. The van der Waals surface area contributed by atoms with E-state index in [9.17, 15) is 4.79 Å².